The molecule has 2 fully saturated rings. The van der Waals surface area contributed by atoms with Crippen LogP contribution >= 0.6 is 0 Å². The zero-order valence-corrected chi connectivity index (χ0v) is 14.7. The Morgan fingerprint density at radius 2 is 2.13 bits per heavy atom. The lowest BCUT2D eigenvalue weighted by atomic mass is 9.83. The molecule has 1 aromatic heterocycles. The molecule has 0 unspecified atom stereocenters. The summed E-state index contributed by atoms with van der Waals surface area (Å²) in [7, 11) is 1.92. The third kappa shape index (κ3) is 3.60. The summed E-state index contributed by atoms with van der Waals surface area (Å²) in [4.78, 5) is 17.2. The third-order valence-corrected chi connectivity index (χ3v) is 5.52. The van der Waals surface area contributed by atoms with E-state index < -0.39 is 0 Å². The van der Waals surface area contributed by atoms with Crippen LogP contribution < -0.4 is 0 Å². The minimum absolute atomic E-state index is 0.0427. The summed E-state index contributed by atoms with van der Waals surface area (Å²) in [6, 6.07) is 2.58. The van der Waals surface area contributed by atoms with Crippen molar-refractivity contribution in [3.8, 4) is 0 Å². The summed E-state index contributed by atoms with van der Waals surface area (Å²) in [5.41, 5.74) is 1.57. The molecule has 3 heterocycles. The fourth-order valence-electron chi connectivity index (χ4n) is 4.16. The highest BCUT2D eigenvalue weighted by Gasteiger charge is 2.34. The topological polar surface area (TPSA) is 52.2 Å². The van der Waals surface area contributed by atoms with E-state index in [1.807, 2.05) is 18.0 Å². The van der Waals surface area contributed by atoms with Crippen LogP contribution in [0.25, 0.3) is 0 Å². The fourth-order valence-corrected chi connectivity index (χ4v) is 4.16. The Labute approximate surface area is 139 Å². The second-order valence-corrected chi connectivity index (χ2v) is 7.55. The molecule has 1 N–H and O–H groups in total. The highest BCUT2D eigenvalue weighted by atomic mass is 16.2. The third-order valence-electron chi connectivity index (χ3n) is 5.52. The summed E-state index contributed by atoms with van der Waals surface area (Å²) in [6.07, 6.45) is 6.49. The van der Waals surface area contributed by atoms with Gasteiger partial charge in [-0.3, -0.25) is 9.89 Å². The molecule has 1 amide bonds. The molecule has 0 radical (unpaired) electrons. The zero-order valence-electron chi connectivity index (χ0n) is 14.7. The first-order valence-corrected chi connectivity index (χ1v) is 9.11. The predicted octanol–water partition coefficient (Wildman–Crippen LogP) is 2.87. The number of amides is 1. The van der Waals surface area contributed by atoms with Gasteiger partial charge < -0.3 is 9.80 Å². The molecule has 5 nitrogen and oxygen atoms in total. The molecule has 0 bridgehead atoms. The lowest BCUT2D eigenvalue weighted by Gasteiger charge is -2.45. The van der Waals surface area contributed by atoms with Crippen molar-refractivity contribution in [2.45, 2.75) is 57.9 Å². The van der Waals surface area contributed by atoms with Gasteiger partial charge in [0.15, 0.2) is 0 Å². The number of aromatic amines is 1. The summed E-state index contributed by atoms with van der Waals surface area (Å²) < 4.78 is 0. The van der Waals surface area contributed by atoms with Crippen molar-refractivity contribution in [2.75, 3.05) is 26.7 Å². The maximum absolute atomic E-state index is 12.6. The molecule has 0 spiro atoms. The number of hydrogen-bond acceptors (Lipinski definition) is 3. The van der Waals surface area contributed by atoms with Crippen molar-refractivity contribution < 1.29 is 4.79 Å². The van der Waals surface area contributed by atoms with Gasteiger partial charge in [0.25, 0.3) is 5.91 Å². The molecule has 0 saturated carbocycles. The van der Waals surface area contributed by atoms with Crippen LogP contribution in [-0.2, 0) is 0 Å². The average Bonchev–Trinajstić information content (AvgIpc) is 3.04. The molecule has 2 saturated heterocycles. The molecule has 3 rings (SSSR count). The first-order valence-electron chi connectivity index (χ1n) is 9.11. The monoisotopic (exact) mass is 318 g/mol. The van der Waals surface area contributed by atoms with Crippen LogP contribution in [0.2, 0.25) is 0 Å². The maximum Gasteiger partial charge on any atom is 0.274 e. The van der Waals surface area contributed by atoms with E-state index in [0.29, 0.717) is 23.6 Å². The van der Waals surface area contributed by atoms with Crippen LogP contribution in [0.3, 0.4) is 0 Å². The lowest BCUT2D eigenvalue weighted by molar-refractivity contribution is 0.0401. The quantitative estimate of drug-likeness (QED) is 0.929. The Hall–Kier alpha value is -1.36. The van der Waals surface area contributed by atoms with Gasteiger partial charge in [-0.05, 0) is 56.7 Å². The van der Waals surface area contributed by atoms with Crippen molar-refractivity contribution in [3.63, 3.8) is 0 Å². The highest BCUT2D eigenvalue weighted by molar-refractivity contribution is 5.92. The van der Waals surface area contributed by atoms with Crippen molar-refractivity contribution in [3.05, 3.63) is 17.5 Å². The first kappa shape index (κ1) is 16.5. The number of carbonyl (C=O) groups is 1. The van der Waals surface area contributed by atoms with Crippen molar-refractivity contribution in [1.82, 2.24) is 20.0 Å². The van der Waals surface area contributed by atoms with E-state index in [9.17, 15) is 4.79 Å². The lowest BCUT2D eigenvalue weighted by Crippen LogP contribution is -2.51. The zero-order chi connectivity index (χ0) is 16.4. The smallest absolute Gasteiger partial charge is 0.274 e. The number of aromatic nitrogens is 2. The van der Waals surface area contributed by atoms with Gasteiger partial charge in [-0.1, -0.05) is 20.3 Å². The van der Waals surface area contributed by atoms with Crippen LogP contribution in [0.1, 0.15) is 68.1 Å². The molecule has 2 aliphatic rings. The molecule has 128 valence electrons. The van der Waals surface area contributed by atoms with Gasteiger partial charge in [-0.15, -0.1) is 0 Å². The summed E-state index contributed by atoms with van der Waals surface area (Å²) in [5.74, 6) is 1.02. The van der Waals surface area contributed by atoms with Crippen molar-refractivity contribution in [1.29, 1.82) is 0 Å². The Balaban J connectivity index is 1.63. The second kappa shape index (κ2) is 7.04. The SMILES string of the molecule is CC(C)c1cc(C(=O)N(C)C[C@@H]2CCCN3CCCC[C@H]23)n[nH]1. The average molecular weight is 318 g/mol. The van der Waals surface area contributed by atoms with Gasteiger partial charge in [-0.25, -0.2) is 0 Å². The van der Waals surface area contributed by atoms with E-state index in [-0.39, 0.29) is 5.91 Å². The number of nitrogens with zero attached hydrogens (tertiary/aromatic N) is 3. The highest BCUT2D eigenvalue weighted by Crippen LogP contribution is 2.31. The van der Waals surface area contributed by atoms with Crippen LogP contribution in [0.4, 0.5) is 0 Å². The van der Waals surface area contributed by atoms with E-state index in [1.54, 1.807) is 0 Å². The summed E-state index contributed by atoms with van der Waals surface area (Å²) >= 11 is 0. The fraction of sp³-hybridized carbons (Fsp3) is 0.778. The van der Waals surface area contributed by atoms with Gasteiger partial charge in [-0.2, -0.15) is 5.10 Å². The van der Waals surface area contributed by atoms with E-state index in [4.69, 9.17) is 0 Å². The normalized spacial score (nSPS) is 25.4. The van der Waals surface area contributed by atoms with E-state index >= 15 is 0 Å². The van der Waals surface area contributed by atoms with Gasteiger partial charge >= 0.3 is 0 Å². The Kier molecular flexibility index (Phi) is 5.05. The molecule has 23 heavy (non-hydrogen) atoms. The number of H-pyrrole nitrogens is 1. The summed E-state index contributed by atoms with van der Waals surface area (Å²) in [6.45, 7) is 7.55. The Bertz CT molecular complexity index is 537. The maximum atomic E-state index is 12.6. The van der Waals surface area contributed by atoms with Crippen LogP contribution in [0, 0.1) is 5.92 Å². The predicted molar refractivity (Wildman–Crippen MR) is 91.6 cm³/mol. The Morgan fingerprint density at radius 3 is 2.87 bits per heavy atom. The first-order chi connectivity index (χ1) is 11.1. The minimum Gasteiger partial charge on any atom is -0.340 e. The number of piperidine rings is 2. The number of hydrogen-bond donors (Lipinski definition) is 1. The molecule has 2 aliphatic heterocycles. The number of rotatable bonds is 4. The molecular weight excluding hydrogens is 288 g/mol. The Morgan fingerprint density at radius 1 is 1.35 bits per heavy atom. The molecular formula is C18H30N4O. The number of fused-ring (bicyclic) bond motifs is 1. The largest absolute Gasteiger partial charge is 0.340 e. The van der Waals surface area contributed by atoms with Crippen molar-refractivity contribution >= 4 is 5.91 Å². The van der Waals surface area contributed by atoms with Crippen LogP contribution in [-0.4, -0.2) is 58.6 Å². The van der Waals surface area contributed by atoms with Crippen LogP contribution in [0.15, 0.2) is 6.07 Å². The van der Waals surface area contributed by atoms with Crippen molar-refractivity contribution in [2.24, 2.45) is 5.92 Å². The standard InChI is InChI=1S/C18H30N4O/c1-13(2)15-11-16(20-19-15)18(23)21(3)12-14-7-6-10-22-9-5-4-8-17(14)22/h11,13-14,17H,4-10,12H2,1-3H3,(H,19,20)/t14-,17+/m0/s1. The van der Waals surface area contributed by atoms with Gasteiger partial charge in [0.05, 0.1) is 0 Å². The molecule has 0 aliphatic carbocycles. The second-order valence-electron chi connectivity index (χ2n) is 7.55. The molecule has 0 aromatic carbocycles. The van der Waals surface area contributed by atoms with E-state index in [2.05, 4.69) is 28.9 Å². The minimum atomic E-state index is 0.0427. The van der Waals surface area contributed by atoms with Gasteiger partial charge in [0, 0.05) is 25.3 Å². The van der Waals surface area contributed by atoms with Gasteiger partial charge in [0.2, 0.25) is 0 Å². The molecule has 1 aromatic rings. The van der Waals surface area contributed by atoms with E-state index in [0.717, 1.165) is 12.2 Å². The van der Waals surface area contributed by atoms with Crippen LogP contribution in [0.5, 0.6) is 0 Å². The van der Waals surface area contributed by atoms with Gasteiger partial charge in [0.1, 0.15) is 5.69 Å². The summed E-state index contributed by atoms with van der Waals surface area (Å²) in [5, 5.41) is 7.19. The molecule has 2 atom stereocenters. The van der Waals surface area contributed by atoms with E-state index in [1.165, 1.54) is 45.2 Å². The number of nitrogens with one attached hydrogen (secondary N) is 1. The number of carbonyl (C=O) groups excluding carboxylic acids is 1. The molecule has 5 heteroatoms.